The maximum absolute atomic E-state index is 15.4. The molecule has 15 heteroatoms. The summed E-state index contributed by atoms with van der Waals surface area (Å²) in [6.07, 6.45) is 7.01. The largest absolute Gasteiger partial charge is 0.496 e. The average molecular weight is 851 g/mol. The van der Waals surface area contributed by atoms with Gasteiger partial charge in [0.15, 0.2) is 6.10 Å². The number of methoxy groups -OCH3 is 3. The molecule has 7 aliphatic rings. The van der Waals surface area contributed by atoms with E-state index in [1.54, 1.807) is 12.1 Å². The quantitative estimate of drug-likeness (QED) is 0.105. The minimum atomic E-state index is -1.92. The van der Waals surface area contributed by atoms with Gasteiger partial charge in [0.1, 0.15) is 17.5 Å². The smallest absolute Gasteiger partial charge is 0.347 e. The molecule has 1 aromatic heterocycles. The van der Waals surface area contributed by atoms with Crippen LogP contribution in [0.1, 0.15) is 85.6 Å². The zero-order valence-electron chi connectivity index (χ0n) is 36.1. The molecule has 7 heterocycles. The summed E-state index contributed by atoms with van der Waals surface area (Å²) < 4.78 is 31.0. The first-order valence-corrected chi connectivity index (χ1v) is 21.8. The second kappa shape index (κ2) is 13.7. The van der Waals surface area contributed by atoms with Gasteiger partial charge in [0.25, 0.3) is 5.60 Å². The van der Waals surface area contributed by atoms with Crippen LogP contribution in [-0.4, -0.2) is 134 Å². The van der Waals surface area contributed by atoms with Gasteiger partial charge in [-0.2, -0.15) is 0 Å². The number of anilines is 1. The number of ether oxygens (including phenoxy) is 5. The Hall–Kier alpha value is -5.09. The van der Waals surface area contributed by atoms with E-state index in [0.717, 1.165) is 22.8 Å². The highest BCUT2D eigenvalue weighted by molar-refractivity contribution is 6.00. The van der Waals surface area contributed by atoms with Crippen molar-refractivity contribution < 1.29 is 52.8 Å². The van der Waals surface area contributed by atoms with Crippen molar-refractivity contribution in [3.8, 4) is 5.75 Å². The van der Waals surface area contributed by atoms with E-state index in [2.05, 4.69) is 20.9 Å². The molecule has 2 N–H and O–H groups in total. The summed E-state index contributed by atoms with van der Waals surface area (Å²) in [6, 6.07) is 8.75. The predicted octanol–water partition coefficient (Wildman–Crippen LogP) is 3.70. The van der Waals surface area contributed by atoms with Gasteiger partial charge >= 0.3 is 17.9 Å². The molecule has 4 fully saturated rings. The van der Waals surface area contributed by atoms with Crippen LogP contribution in [0, 0.1) is 11.3 Å². The van der Waals surface area contributed by atoms with E-state index in [1.165, 1.54) is 33.2 Å². The fourth-order valence-corrected chi connectivity index (χ4v) is 13.9. The van der Waals surface area contributed by atoms with Crippen molar-refractivity contribution in [1.29, 1.82) is 0 Å². The third-order valence-corrected chi connectivity index (χ3v) is 16.1. The minimum Gasteiger partial charge on any atom is -0.496 e. The molecule has 3 saturated heterocycles. The highest BCUT2D eigenvalue weighted by Gasteiger charge is 2.99. The van der Waals surface area contributed by atoms with Gasteiger partial charge in [0.05, 0.1) is 38.0 Å². The number of aromatic amines is 1. The van der Waals surface area contributed by atoms with Crippen LogP contribution >= 0.6 is 0 Å². The molecular formula is C47H54N4O11. The lowest BCUT2D eigenvalue weighted by Gasteiger charge is -2.58. The number of esters is 3. The SMILES string of the molecule is CC[C@]1(O)C[C@H]2CN(CCc3c([nH]c4ccc(C=O)cc34)[C@@](C(=O)OC)(c3cc4c(cc3OC)N(C=O)[C@@]35O[C@]3(C(=O)OC)[C@H](OC(C)=O)[C@]3(CC)C=CCN6CC[C@]45[C@@H]63)C2)C1. The number of carbonyl (C=O) groups is 5. The van der Waals surface area contributed by atoms with Crippen LogP contribution in [0.2, 0.25) is 0 Å². The summed E-state index contributed by atoms with van der Waals surface area (Å²) >= 11 is 0. The fourth-order valence-electron chi connectivity index (χ4n) is 13.9. The number of hydrogen-bond donors (Lipinski definition) is 2. The van der Waals surface area contributed by atoms with E-state index in [0.29, 0.717) is 105 Å². The molecule has 1 saturated carbocycles. The number of epoxide rings is 1. The topological polar surface area (TPSA) is 181 Å². The number of aldehydes is 1. The number of nitrogens with zero attached hydrogens (tertiary/aromatic N) is 3. The van der Waals surface area contributed by atoms with Crippen molar-refractivity contribution in [2.75, 3.05) is 59.0 Å². The van der Waals surface area contributed by atoms with Crippen molar-refractivity contribution in [3.63, 3.8) is 0 Å². The molecule has 2 spiro atoms. The van der Waals surface area contributed by atoms with Gasteiger partial charge in [-0.05, 0) is 86.4 Å². The number of carbonyl (C=O) groups excluding carboxylic acids is 5. The number of fused-ring (bicyclic) bond motifs is 6. The molecular weight excluding hydrogens is 797 g/mol. The van der Waals surface area contributed by atoms with E-state index in [9.17, 15) is 24.3 Å². The van der Waals surface area contributed by atoms with E-state index in [-0.39, 0.29) is 12.3 Å². The van der Waals surface area contributed by atoms with Crippen LogP contribution in [0.3, 0.4) is 0 Å². The van der Waals surface area contributed by atoms with Crippen molar-refractivity contribution >= 4 is 47.2 Å². The number of amides is 1. The molecule has 328 valence electrons. The van der Waals surface area contributed by atoms with Crippen LogP contribution in [-0.2, 0) is 55.4 Å². The molecule has 1 unspecified atom stereocenters. The molecule has 3 aromatic rings. The first-order valence-electron chi connectivity index (χ1n) is 21.8. The maximum Gasteiger partial charge on any atom is 0.347 e. The van der Waals surface area contributed by atoms with Crippen LogP contribution in [0.5, 0.6) is 5.75 Å². The number of H-pyrrole nitrogens is 1. The molecule has 1 aliphatic carbocycles. The normalized spacial score (nSPS) is 37.3. The van der Waals surface area contributed by atoms with Crippen molar-refractivity contribution in [2.24, 2.45) is 11.3 Å². The standard InChI is InChI=1S/C47H54N4O11/c1-7-42(57)21-29-22-44(40(55)59-5,37-30(12-16-49(23-29)25-42)31-18-28(24-52)10-11-34(31)48-37)33-19-32-35(20-36(33)58-4)51(26-53)47-45(32)14-17-50-15-9-13-43(8-2,38(45)50)39(61-27(3)54)46(47,62-47)41(56)60-6/h9-11,13,18-20,24,26,29,38-39,48,57H,7-8,12,14-17,21-23,25H2,1-6H3/t29-,38+,39-,42+,43-,44+,45-,46+,47+/m1/s1. The number of benzene rings is 2. The second-order valence-electron chi connectivity index (χ2n) is 18.6. The Morgan fingerprint density at radius 3 is 2.47 bits per heavy atom. The van der Waals surface area contributed by atoms with Crippen molar-refractivity contribution in [1.82, 2.24) is 14.8 Å². The highest BCUT2D eigenvalue weighted by atomic mass is 16.7. The summed E-state index contributed by atoms with van der Waals surface area (Å²) in [5.41, 5.74) is -3.96. The Morgan fingerprint density at radius 1 is 1.00 bits per heavy atom. The Balaban J connectivity index is 1.30. The highest BCUT2D eigenvalue weighted by Crippen LogP contribution is 2.80. The molecule has 2 aromatic carbocycles. The van der Waals surface area contributed by atoms with Gasteiger partial charge in [-0.15, -0.1) is 0 Å². The van der Waals surface area contributed by atoms with E-state index in [4.69, 9.17) is 23.7 Å². The maximum atomic E-state index is 15.4. The van der Waals surface area contributed by atoms with Crippen LogP contribution in [0.15, 0.2) is 42.5 Å². The van der Waals surface area contributed by atoms with Crippen LogP contribution in [0.4, 0.5) is 5.69 Å². The number of hydrogen-bond acceptors (Lipinski definition) is 13. The Labute approximate surface area is 359 Å². The first-order chi connectivity index (χ1) is 29.8. The lowest BCUT2D eigenvalue weighted by atomic mass is 9.49. The van der Waals surface area contributed by atoms with E-state index in [1.807, 2.05) is 38.1 Å². The number of piperidine rings is 1. The summed E-state index contributed by atoms with van der Waals surface area (Å²) in [6.45, 7) is 8.14. The Morgan fingerprint density at radius 2 is 1.79 bits per heavy atom. The lowest BCUT2D eigenvalue weighted by Crippen LogP contribution is -2.75. The summed E-state index contributed by atoms with van der Waals surface area (Å²) in [7, 11) is 4.16. The van der Waals surface area contributed by atoms with Crippen LogP contribution in [0.25, 0.3) is 10.9 Å². The minimum absolute atomic E-state index is 0.194. The molecule has 0 radical (unpaired) electrons. The molecule has 6 aliphatic heterocycles. The average Bonchev–Trinajstić information content (AvgIpc) is 3.50. The van der Waals surface area contributed by atoms with Crippen molar-refractivity contribution in [3.05, 3.63) is 70.4 Å². The summed E-state index contributed by atoms with van der Waals surface area (Å²) in [5.74, 6) is -1.80. The molecule has 15 nitrogen and oxygen atoms in total. The monoisotopic (exact) mass is 850 g/mol. The molecule has 10 atom stereocenters. The Kier molecular flexibility index (Phi) is 9.05. The number of aromatic nitrogens is 1. The molecule has 2 bridgehead atoms. The zero-order chi connectivity index (χ0) is 43.8. The molecule has 1 amide bonds. The predicted molar refractivity (Wildman–Crippen MR) is 224 cm³/mol. The lowest BCUT2D eigenvalue weighted by molar-refractivity contribution is -0.178. The number of aliphatic hydroxyl groups is 1. The number of nitrogens with one attached hydrogen (secondary N) is 1. The first kappa shape index (κ1) is 41.0. The van der Waals surface area contributed by atoms with Gasteiger partial charge in [0.2, 0.25) is 12.1 Å². The van der Waals surface area contributed by atoms with Crippen molar-refractivity contribution in [2.45, 2.75) is 99.2 Å². The fraction of sp³-hybridized carbons (Fsp3) is 0.553. The molecule has 10 rings (SSSR count). The third kappa shape index (κ3) is 4.77. The zero-order valence-corrected chi connectivity index (χ0v) is 36.1. The van der Waals surface area contributed by atoms with Gasteiger partial charge < -0.3 is 33.8 Å². The van der Waals surface area contributed by atoms with Gasteiger partial charge in [-0.3, -0.25) is 33.9 Å². The van der Waals surface area contributed by atoms with Gasteiger partial charge in [-0.1, -0.05) is 26.0 Å². The molecule has 62 heavy (non-hydrogen) atoms. The third-order valence-electron chi connectivity index (χ3n) is 16.1. The van der Waals surface area contributed by atoms with Crippen LogP contribution < -0.4 is 9.64 Å². The Bertz CT molecular complexity index is 2490. The number of rotatable bonds is 9. The summed E-state index contributed by atoms with van der Waals surface area (Å²) in [5, 5.41) is 12.8. The van der Waals surface area contributed by atoms with Gasteiger partial charge in [-0.25, -0.2) is 4.79 Å². The van der Waals surface area contributed by atoms with Gasteiger partial charge in [0, 0.05) is 78.3 Å². The summed E-state index contributed by atoms with van der Waals surface area (Å²) in [4.78, 5) is 78.9. The second-order valence-corrected chi connectivity index (χ2v) is 18.6. The van der Waals surface area contributed by atoms with E-state index < -0.39 is 63.2 Å². The van der Waals surface area contributed by atoms with E-state index >= 15 is 4.79 Å².